The minimum Gasteiger partial charge on any atom is -0.393 e. The van der Waals surface area contributed by atoms with E-state index in [4.69, 9.17) is 0 Å². The van der Waals surface area contributed by atoms with Crippen molar-refractivity contribution in [3.05, 3.63) is 30.1 Å². The van der Waals surface area contributed by atoms with E-state index in [1.165, 1.54) is 24.8 Å². The summed E-state index contributed by atoms with van der Waals surface area (Å²) in [6, 6.07) is 3.95. The molecule has 1 aliphatic rings. The molecule has 1 aromatic heterocycles. The van der Waals surface area contributed by atoms with Gasteiger partial charge in [0.2, 0.25) is 0 Å². The molecular formula is C12H17NO. The van der Waals surface area contributed by atoms with Crippen LogP contribution in [0.15, 0.2) is 24.5 Å². The molecule has 0 aliphatic heterocycles. The fourth-order valence-corrected chi connectivity index (χ4v) is 1.73. The van der Waals surface area contributed by atoms with E-state index >= 15 is 0 Å². The normalized spacial score (nSPS) is 18.1. The van der Waals surface area contributed by atoms with Crippen LogP contribution < -0.4 is 0 Å². The molecule has 1 heterocycles. The largest absolute Gasteiger partial charge is 0.393 e. The highest BCUT2D eigenvalue weighted by atomic mass is 16.3. The van der Waals surface area contributed by atoms with E-state index in [-0.39, 0.29) is 6.10 Å². The Morgan fingerprint density at radius 1 is 1.36 bits per heavy atom. The summed E-state index contributed by atoms with van der Waals surface area (Å²) in [5.74, 6) is 0.919. The summed E-state index contributed by atoms with van der Waals surface area (Å²) in [6.07, 6.45) is 9.07. The van der Waals surface area contributed by atoms with Gasteiger partial charge in [-0.25, -0.2) is 0 Å². The Balaban J connectivity index is 1.73. The average Bonchev–Trinajstić information content (AvgIpc) is 3.00. The Hall–Kier alpha value is -0.890. The van der Waals surface area contributed by atoms with Gasteiger partial charge in [-0.05, 0) is 42.9 Å². The third-order valence-corrected chi connectivity index (χ3v) is 2.83. The van der Waals surface area contributed by atoms with Crippen LogP contribution in [0.1, 0.15) is 31.2 Å². The highest BCUT2D eigenvalue weighted by Gasteiger charge is 2.21. The molecule has 0 amide bonds. The summed E-state index contributed by atoms with van der Waals surface area (Å²) in [5.41, 5.74) is 1.18. The molecule has 0 aromatic carbocycles. The standard InChI is InChI=1S/C12H17NO/c14-12(4-3-10-1-2-10)9-11-5-7-13-8-6-11/h5-8,10,12,14H,1-4,9H2. The summed E-state index contributed by atoms with van der Waals surface area (Å²) < 4.78 is 0. The highest BCUT2D eigenvalue weighted by Crippen LogP contribution is 2.34. The van der Waals surface area contributed by atoms with E-state index in [0.717, 1.165) is 18.8 Å². The Morgan fingerprint density at radius 2 is 2.07 bits per heavy atom. The van der Waals surface area contributed by atoms with Crippen molar-refractivity contribution >= 4 is 0 Å². The molecule has 1 N–H and O–H groups in total. The highest BCUT2D eigenvalue weighted by molar-refractivity contribution is 5.10. The van der Waals surface area contributed by atoms with Gasteiger partial charge in [-0.3, -0.25) is 4.98 Å². The Morgan fingerprint density at radius 3 is 2.71 bits per heavy atom. The Kier molecular flexibility index (Phi) is 3.14. The van der Waals surface area contributed by atoms with Crippen LogP contribution in [-0.4, -0.2) is 16.2 Å². The van der Waals surface area contributed by atoms with Gasteiger partial charge in [0.15, 0.2) is 0 Å². The second-order valence-corrected chi connectivity index (χ2v) is 4.23. The molecule has 0 spiro atoms. The number of hydrogen-bond acceptors (Lipinski definition) is 2. The molecule has 2 nitrogen and oxygen atoms in total. The molecule has 14 heavy (non-hydrogen) atoms. The van der Waals surface area contributed by atoms with Gasteiger partial charge < -0.3 is 5.11 Å². The monoisotopic (exact) mass is 191 g/mol. The number of aromatic nitrogens is 1. The maximum atomic E-state index is 9.76. The molecule has 1 saturated carbocycles. The second-order valence-electron chi connectivity index (χ2n) is 4.23. The van der Waals surface area contributed by atoms with Crippen molar-refractivity contribution in [1.29, 1.82) is 0 Å². The first-order valence-corrected chi connectivity index (χ1v) is 5.41. The zero-order valence-corrected chi connectivity index (χ0v) is 8.39. The zero-order valence-electron chi connectivity index (χ0n) is 8.39. The summed E-state index contributed by atoms with van der Waals surface area (Å²) >= 11 is 0. The molecule has 76 valence electrons. The van der Waals surface area contributed by atoms with Gasteiger partial charge in [-0.2, -0.15) is 0 Å². The summed E-state index contributed by atoms with van der Waals surface area (Å²) in [4.78, 5) is 3.96. The average molecular weight is 191 g/mol. The molecule has 1 atom stereocenters. The number of nitrogens with zero attached hydrogens (tertiary/aromatic N) is 1. The fraction of sp³-hybridized carbons (Fsp3) is 0.583. The molecule has 2 rings (SSSR count). The maximum Gasteiger partial charge on any atom is 0.0580 e. The van der Waals surface area contributed by atoms with E-state index in [0.29, 0.717) is 0 Å². The fourth-order valence-electron chi connectivity index (χ4n) is 1.73. The van der Waals surface area contributed by atoms with E-state index in [9.17, 15) is 5.11 Å². The first-order valence-electron chi connectivity index (χ1n) is 5.41. The second kappa shape index (κ2) is 4.56. The molecular weight excluding hydrogens is 174 g/mol. The van der Waals surface area contributed by atoms with Crippen LogP contribution >= 0.6 is 0 Å². The predicted octanol–water partition coefficient (Wildman–Crippen LogP) is 2.18. The number of aliphatic hydroxyl groups is 1. The molecule has 0 saturated heterocycles. The van der Waals surface area contributed by atoms with Crippen LogP contribution in [-0.2, 0) is 6.42 Å². The van der Waals surface area contributed by atoms with Gasteiger partial charge >= 0.3 is 0 Å². The van der Waals surface area contributed by atoms with Crippen LogP contribution in [0.5, 0.6) is 0 Å². The number of rotatable bonds is 5. The lowest BCUT2D eigenvalue weighted by Crippen LogP contribution is -2.10. The van der Waals surface area contributed by atoms with Crippen molar-refractivity contribution < 1.29 is 5.11 Å². The van der Waals surface area contributed by atoms with Crippen molar-refractivity contribution in [2.24, 2.45) is 5.92 Å². The molecule has 1 fully saturated rings. The molecule has 0 bridgehead atoms. The van der Waals surface area contributed by atoms with Crippen LogP contribution in [0.2, 0.25) is 0 Å². The summed E-state index contributed by atoms with van der Waals surface area (Å²) in [5, 5.41) is 9.76. The van der Waals surface area contributed by atoms with E-state index in [2.05, 4.69) is 4.98 Å². The van der Waals surface area contributed by atoms with Gasteiger partial charge in [0.1, 0.15) is 0 Å². The van der Waals surface area contributed by atoms with Crippen molar-refractivity contribution in [3.63, 3.8) is 0 Å². The number of hydrogen-bond donors (Lipinski definition) is 1. The van der Waals surface area contributed by atoms with Crippen LogP contribution in [0.3, 0.4) is 0 Å². The van der Waals surface area contributed by atoms with E-state index in [1.54, 1.807) is 12.4 Å². The third kappa shape index (κ3) is 3.11. The molecule has 1 unspecified atom stereocenters. The number of pyridine rings is 1. The van der Waals surface area contributed by atoms with Gasteiger partial charge in [0.05, 0.1) is 6.10 Å². The lowest BCUT2D eigenvalue weighted by molar-refractivity contribution is 0.160. The lowest BCUT2D eigenvalue weighted by Gasteiger charge is -2.09. The van der Waals surface area contributed by atoms with E-state index in [1.807, 2.05) is 12.1 Å². The van der Waals surface area contributed by atoms with Crippen molar-refractivity contribution in [3.8, 4) is 0 Å². The minimum absolute atomic E-state index is 0.169. The molecule has 2 heteroatoms. The third-order valence-electron chi connectivity index (χ3n) is 2.83. The smallest absolute Gasteiger partial charge is 0.0580 e. The molecule has 1 aliphatic carbocycles. The summed E-state index contributed by atoms with van der Waals surface area (Å²) in [7, 11) is 0. The first-order chi connectivity index (χ1) is 6.84. The predicted molar refractivity (Wildman–Crippen MR) is 55.9 cm³/mol. The SMILES string of the molecule is OC(CCC1CC1)Cc1ccncc1. The van der Waals surface area contributed by atoms with Gasteiger partial charge in [-0.1, -0.05) is 12.8 Å². The van der Waals surface area contributed by atoms with Crippen molar-refractivity contribution in [2.75, 3.05) is 0 Å². The van der Waals surface area contributed by atoms with Crippen LogP contribution in [0.4, 0.5) is 0 Å². The number of aliphatic hydroxyl groups excluding tert-OH is 1. The van der Waals surface area contributed by atoms with Crippen LogP contribution in [0, 0.1) is 5.92 Å². The first kappa shape index (κ1) is 9.66. The van der Waals surface area contributed by atoms with Gasteiger partial charge in [0.25, 0.3) is 0 Å². The van der Waals surface area contributed by atoms with Gasteiger partial charge in [0, 0.05) is 12.4 Å². The maximum absolute atomic E-state index is 9.76. The van der Waals surface area contributed by atoms with Gasteiger partial charge in [-0.15, -0.1) is 0 Å². The van der Waals surface area contributed by atoms with E-state index < -0.39 is 0 Å². The Bertz CT molecular complexity index is 269. The Labute approximate surface area is 85.0 Å². The quantitative estimate of drug-likeness (QED) is 0.773. The topological polar surface area (TPSA) is 33.1 Å². The lowest BCUT2D eigenvalue weighted by atomic mass is 10.0. The zero-order chi connectivity index (χ0) is 9.80. The van der Waals surface area contributed by atoms with Crippen LogP contribution in [0.25, 0.3) is 0 Å². The minimum atomic E-state index is -0.169. The van der Waals surface area contributed by atoms with Crippen molar-refractivity contribution in [1.82, 2.24) is 4.98 Å². The molecule has 0 radical (unpaired) electrons. The molecule has 1 aromatic rings. The van der Waals surface area contributed by atoms with Crippen molar-refractivity contribution in [2.45, 2.75) is 38.2 Å². The summed E-state index contributed by atoms with van der Waals surface area (Å²) in [6.45, 7) is 0.